The molecule has 17 heteroatoms. The van der Waals surface area contributed by atoms with Crippen molar-refractivity contribution in [2.45, 2.75) is 172 Å². The van der Waals surface area contributed by atoms with Crippen LogP contribution in [0.5, 0.6) is 0 Å². The molecule has 1 unspecified atom stereocenters. The highest BCUT2D eigenvalue weighted by atomic mass is 16.5. The van der Waals surface area contributed by atoms with E-state index in [4.69, 9.17) is 9.47 Å². The normalized spacial score (nSPS) is 22.4. The van der Waals surface area contributed by atoms with Gasteiger partial charge in [-0.1, -0.05) is 169 Å². The van der Waals surface area contributed by atoms with Crippen molar-refractivity contribution in [2.24, 2.45) is 23.7 Å². The highest BCUT2D eigenvalue weighted by molar-refractivity contribution is 5.93. The van der Waals surface area contributed by atoms with E-state index in [2.05, 4.69) is 57.2 Å². The number of carbonyl (C=O) groups excluding carboxylic acids is 6. The van der Waals surface area contributed by atoms with E-state index < -0.39 is 65.8 Å². The lowest BCUT2D eigenvalue weighted by molar-refractivity contribution is -0.149. The first-order chi connectivity index (χ1) is 41.0. The molecule has 8 rings (SSSR count). The summed E-state index contributed by atoms with van der Waals surface area (Å²) < 4.78 is 12.1. The number of carboxylic acid groups (broad SMARTS) is 1. The van der Waals surface area contributed by atoms with Gasteiger partial charge in [-0.25, -0.2) is 4.79 Å². The molecule has 3 saturated heterocycles. The first-order valence-corrected chi connectivity index (χ1v) is 31.0. The number of carboxylic acids is 1. The van der Waals surface area contributed by atoms with Gasteiger partial charge >= 0.3 is 5.97 Å². The molecule has 0 radical (unpaired) electrons. The fourth-order valence-electron chi connectivity index (χ4n) is 14.1. The zero-order valence-electron chi connectivity index (χ0n) is 51.1. The molecule has 2 bridgehead atoms. The number of aliphatic carboxylic acids is 1. The SMILES string of the molecule is CC[C@H](C)[C@@H]([C@@H](CC(=O)N1CCC[C@H]1[C@H](OC)[C@@H](C)C(=O)N[C@@H](Cc1ccccc1)C(=O)O)OC)N(C)C(=O)[C@@H](NC(=O)[C@@H]1[C@H]2CC[C@H](C2)N1C(=O)CCCCCNC(=O)C1C[N@]1C(c1ccccc1)(c1ccccc1)c1ccccc1)C(C)C. The molecule has 0 spiro atoms. The quantitative estimate of drug-likeness (QED) is 0.0227. The number of amides is 6. The van der Waals surface area contributed by atoms with Crippen molar-refractivity contribution in [3.8, 4) is 0 Å². The maximum atomic E-state index is 14.9. The van der Waals surface area contributed by atoms with Gasteiger partial charge in [-0.15, -0.1) is 0 Å². The number of benzene rings is 4. The van der Waals surface area contributed by atoms with E-state index in [0.29, 0.717) is 51.7 Å². The minimum absolute atomic E-state index is 0.0151. The number of fused-ring (bicyclic) bond motifs is 2. The monoisotopic (exact) mass is 1170 g/mol. The average molecular weight is 1170 g/mol. The molecule has 4 aromatic carbocycles. The molecule has 17 nitrogen and oxygen atoms in total. The third-order valence-electron chi connectivity index (χ3n) is 18.8. The molecule has 6 amide bonds. The van der Waals surface area contributed by atoms with E-state index >= 15 is 0 Å². The van der Waals surface area contributed by atoms with Gasteiger partial charge in [-0.05, 0) is 85.0 Å². The predicted octanol–water partition coefficient (Wildman–Crippen LogP) is 7.59. The molecule has 4 N–H and O–H groups in total. The van der Waals surface area contributed by atoms with Crippen molar-refractivity contribution >= 4 is 41.4 Å². The number of likely N-dealkylation sites (N-methyl/N-ethyl adjacent to an activating group) is 1. The Kier molecular flexibility index (Phi) is 22.2. The maximum Gasteiger partial charge on any atom is 0.326 e. The summed E-state index contributed by atoms with van der Waals surface area (Å²) in [5, 5.41) is 19.0. The number of nitrogens with zero attached hydrogens (tertiary/aromatic N) is 4. The van der Waals surface area contributed by atoms with Gasteiger partial charge < -0.3 is 45.2 Å². The van der Waals surface area contributed by atoms with Crippen molar-refractivity contribution in [1.82, 2.24) is 35.6 Å². The Hall–Kier alpha value is -6.95. The topological polar surface area (TPSA) is 207 Å². The molecule has 1 aliphatic carbocycles. The number of hydrogen-bond donors (Lipinski definition) is 4. The van der Waals surface area contributed by atoms with E-state index in [0.717, 1.165) is 47.9 Å². The largest absolute Gasteiger partial charge is 0.480 e. The van der Waals surface area contributed by atoms with Gasteiger partial charge in [0.05, 0.1) is 42.2 Å². The summed E-state index contributed by atoms with van der Waals surface area (Å²) >= 11 is 0. The lowest BCUT2D eigenvalue weighted by atomic mass is 9.76. The average Bonchev–Trinajstić information content (AvgIpc) is 2.58. The van der Waals surface area contributed by atoms with Gasteiger partial charge in [0.2, 0.25) is 35.4 Å². The summed E-state index contributed by atoms with van der Waals surface area (Å²) in [5.74, 6) is -3.86. The molecule has 3 heterocycles. The highest BCUT2D eigenvalue weighted by Crippen LogP contribution is 2.48. The molecule has 1 saturated carbocycles. The van der Waals surface area contributed by atoms with Gasteiger partial charge in [0.15, 0.2) is 0 Å². The molecular weight excluding hydrogens is 1070 g/mol. The lowest BCUT2D eigenvalue weighted by Crippen LogP contribution is -2.60. The Labute approximate surface area is 502 Å². The Bertz CT molecular complexity index is 2780. The van der Waals surface area contributed by atoms with Crippen LogP contribution in [0, 0.1) is 23.7 Å². The number of piperidine rings is 1. The summed E-state index contributed by atoms with van der Waals surface area (Å²) in [5.41, 5.74) is 3.38. The van der Waals surface area contributed by atoms with E-state index in [1.807, 2.05) is 113 Å². The minimum atomic E-state index is -1.16. The van der Waals surface area contributed by atoms with Crippen LogP contribution in [-0.4, -0.2) is 162 Å². The molecule has 3 aliphatic heterocycles. The Morgan fingerprint density at radius 3 is 1.88 bits per heavy atom. The number of methoxy groups -OCH3 is 2. The number of hydrogen-bond acceptors (Lipinski definition) is 10. The van der Waals surface area contributed by atoms with Gasteiger partial charge in [0.25, 0.3) is 0 Å². The summed E-state index contributed by atoms with van der Waals surface area (Å²) in [7, 11) is 4.73. The second-order valence-electron chi connectivity index (χ2n) is 24.5. The van der Waals surface area contributed by atoms with Crippen molar-refractivity contribution in [1.29, 1.82) is 0 Å². The van der Waals surface area contributed by atoms with Crippen LogP contribution < -0.4 is 16.0 Å². The predicted molar refractivity (Wildman–Crippen MR) is 326 cm³/mol. The summed E-state index contributed by atoms with van der Waals surface area (Å²) in [6.07, 6.45) is 5.18. The van der Waals surface area contributed by atoms with Crippen molar-refractivity contribution in [2.75, 3.05) is 40.9 Å². The number of ether oxygens (including phenoxy) is 2. The molecule has 458 valence electrons. The molecule has 4 aliphatic rings. The Morgan fingerprint density at radius 2 is 1.33 bits per heavy atom. The first-order valence-electron chi connectivity index (χ1n) is 31.0. The zero-order chi connectivity index (χ0) is 61.0. The second-order valence-corrected chi connectivity index (χ2v) is 24.5. The molecule has 4 aromatic rings. The van der Waals surface area contributed by atoms with Crippen molar-refractivity contribution in [3.05, 3.63) is 144 Å². The van der Waals surface area contributed by atoms with Crippen LogP contribution in [0.2, 0.25) is 0 Å². The summed E-state index contributed by atoms with van der Waals surface area (Å²) in [4.78, 5) is 105. The van der Waals surface area contributed by atoms with Crippen LogP contribution in [0.25, 0.3) is 0 Å². The van der Waals surface area contributed by atoms with Gasteiger partial charge in [-0.3, -0.25) is 33.7 Å². The number of nitrogens with one attached hydrogen (secondary N) is 3. The third-order valence-corrected chi connectivity index (χ3v) is 18.8. The molecule has 0 aromatic heterocycles. The Morgan fingerprint density at radius 1 is 0.729 bits per heavy atom. The molecule has 4 fully saturated rings. The lowest BCUT2D eigenvalue weighted by Gasteiger charge is -2.41. The number of carbonyl (C=O) groups is 7. The number of rotatable bonds is 30. The minimum Gasteiger partial charge on any atom is -0.480 e. The molecule has 85 heavy (non-hydrogen) atoms. The fourth-order valence-corrected chi connectivity index (χ4v) is 14.1. The van der Waals surface area contributed by atoms with Gasteiger partial charge in [-0.2, -0.15) is 0 Å². The van der Waals surface area contributed by atoms with E-state index in [1.165, 1.54) is 14.2 Å². The van der Waals surface area contributed by atoms with Crippen LogP contribution in [0.3, 0.4) is 0 Å². The second kappa shape index (κ2) is 29.4. The van der Waals surface area contributed by atoms with Crippen LogP contribution in [-0.2, 0) is 55.0 Å². The fraction of sp³-hybridized carbons (Fsp3) is 0.544. The van der Waals surface area contributed by atoms with Crippen molar-refractivity contribution < 1.29 is 48.1 Å². The van der Waals surface area contributed by atoms with Crippen LogP contribution in [0.1, 0.15) is 128 Å². The van der Waals surface area contributed by atoms with Gasteiger partial charge in [0, 0.05) is 59.8 Å². The molecular formula is C68H91N7O10. The van der Waals surface area contributed by atoms with E-state index in [9.17, 15) is 38.7 Å². The van der Waals surface area contributed by atoms with E-state index in [1.54, 1.807) is 28.7 Å². The van der Waals surface area contributed by atoms with Gasteiger partial charge in [0.1, 0.15) is 24.2 Å². The smallest absolute Gasteiger partial charge is 0.326 e. The number of likely N-dealkylation sites (tertiary alicyclic amines) is 2. The highest BCUT2D eigenvalue weighted by Gasteiger charge is 2.56. The number of unbranched alkanes of at least 4 members (excludes halogenated alkanes) is 2. The maximum absolute atomic E-state index is 14.9. The van der Waals surface area contributed by atoms with E-state index in [-0.39, 0.29) is 78.6 Å². The summed E-state index contributed by atoms with van der Waals surface area (Å²) in [6, 6.07) is 36.0. The van der Waals surface area contributed by atoms with Crippen LogP contribution in [0.4, 0.5) is 0 Å². The van der Waals surface area contributed by atoms with Crippen LogP contribution >= 0.6 is 0 Å². The first kappa shape index (κ1) is 64.1. The van der Waals surface area contributed by atoms with Crippen molar-refractivity contribution in [3.63, 3.8) is 0 Å². The van der Waals surface area contributed by atoms with Crippen LogP contribution in [0.15, 0.2) is 121 Å². The third kappa shape index (κ3) is 14.5. The Balaban J connectivity index is 0.847. The standard InChI is InChI=1S/C68H91N7O10/c1-9-45(4)60(56(84-7)42-58(77)73-39-25-34-54(73)62(85-8)46(5)63(78)70-53(67(82)83)40-47-26-15-10-16-27-47)72(6)66(81)59(44(2)3)71-65(80)61-48-36-37-52(41-48)75(61)57(76)35-23-14-24-38-69-64(79)55-43-74(55)68(49-28-17-11-18-29-49,50-30-19-12-20-31-50)51-32-21-13-22-33-51/h10-13,15-22,26-33,44-46,48,52-56,59-62H,9,14,23-25,34-43H2,1-8H3,(H,69,79)(H,70,78)(H,71,80)(H,82,83)/t45-,46+,48-,52+,53-,54-,55?,56+,59-,60-,61-,62+,74-/m0/s1. The molecule has 13 atom stereocenters. The zero-order valence-corrected chi connectivity index (χ0v) is 51.1. The summed E-state index contributed by atoms with van der Waals surface area (Å²) in [6.45, 7) is 11.0.